The van der Waals surface area contributed by atoms with Crippen molar-refractivity contribution in [1.82, 2.24) is 0 Å². The van der Waals surface area contributed by atoms with Gasteiger partial charge in [-0.15, -0.1) is 0 Å². The van der Waals surface area contributed by atoms with Crippen LogP contribution in [0.5, 0.6) is 0 Å². The Hall–Kier alpha value is -0.0600. The van der Waals surface area contributed by atoms with E-state index in [2.05, 4.69) is 45.0 Å². The molecule has 0 N–H and O–H groups in total. The van der Waals surface area contributed by atoms with Crippen LogP contribution in [0.4, 0.5) is 0 Å². The third-order valence-electron chi connectivity index (χ3n) is 1.65. The number of hydrogen-bond acceptors (Lipinski definition) is 0. The second-order valence-electron chi connectivity index (χ2n) is 4.42. The number of rotatable bonds is 2. The number of benzene rings is 1. The molecule has 0 aliphatic heterocycles. The van der Waals surface area contributed by atoms with Crippen molar-refractivity contribution in [2.45, 2.75) is 20.8 Å². The van der Waals surface area contributed by atoms with Crippen LogP contribution in [0.1, 0.15) is 20.8 Å². The Balaban J connectivity index is 2.64. The highest BCUT2D eigenvalue weighted by Gasteiger charge is 2.17. The summed E-state index contributed by atoms with van der Waals surface area (Å²) in [6.45, 7) is 6.69. The SMILES string of the molecule is CC(C)(C)CP(Cl)c1ccccc1. The lowest BCUT2D eigenvalue weighted by Gasteiger charge is -2.21. The van der Waals surface area contributed by atoms with E-state index in [9.17, 15) is 0 Å². The van der Waals surface area contributed by atoms with Gasteiger partial charge in [0.15, 0.2) is 0 Å². The quantitative estimate of drug-likeness (QED) is 0.653. The fraction of sp³-hybridized carbons (Fsp3) is 0.455. The second kappa shape index (κ2) is 4.44. The van der Waals surface area contributed by atoms with E-state index in [1.165, 1.54) is 5.30 Å². The molecular formula is C11H16ClP. The molecule has 1 aromatic carbocycles. The van der Waals surface area contributed by atoms with Crippen LogP contribution in [0.2, 0.25) is 0 Å². The van der Waals surface area contributed by atoms with Gasteiger partial charge in [-0.1, -0.05) is 62.3 Å². The van der Waals surface area contributed by atoms with Crippen molar-refractivity contribution in [2.75, 3.05) is 6.16 Å². The summed E-state index contributed by atoms with van der Waals surface area (Å²) in [4.78, 5) is 0. The van der Waals surface area contributed by atoms with Crippen LogP contribution >= 0.6 is 18.5 Å². The molecule has 0 nitrogen and oxygen atoms in total. The van der Waals surface area contributed by atoms with E-state index in [1.807, 2.05) is 6.07 Å². The molecule has 0 fully saturated rings. The smallest absolute Gasteiger partial charge is 0.0218 e. The Bertz CT molecular complexity index is 251. The molecule has 0 aliphatic rings. The summed E-state index contributed by atoms with van der Waals surface area (Å²) in [6, 6.07) is 10.4. The highest BCUT2D eigenvalue weighted by molar-refractivity contribution is 7.90. The first kappa shape index (κ1) is 11.0. The van der Waals surface area contributed by atoms with Gasteiger partial charge in [0, 0.05) is 7.27 Å². The molecular weight excluding hydrogens is 199 g/mol. The van der Waals surface area contributed by atoms with Gasteiger partial charge in [0.25, 0.3) is 0 Å². The maximum Gasteiger partial charge on any atom is 0.0218 e. The van der Waals surface area contributed by atoms with Crippen molar-refractivity contribution in [3.05, 3.63) is 30.3 Å². The van der Waals surface area contributed by atoms with E-state index in [1.54, 1.807) is 0 Å². The lowest BCUT2D eigenvalue weighted by atomic mass is 10.0. The van der Waals surface area contributed by atoms with Gasteiger partial charge in [0.2, 0.25) is 0 Å². The minimum Gasteiger partial charge on any atom is -0.0911 e. The summed E-state index contributed by atoms with van der Waals surface area (Å²) in [5.41, 5.74) is 0.323. The lowest BCUT2D eigenvalue weighted by molar-refractivity contribution is 0.479. The van der Waals surface area contributed by atoms with Crippen molar-refractivity contribution in [2.24, 2.45) is 5.41 Å². The highest BCUT2D eigenvalue weighted by Crippen LogP contribution is 2.44. The molecule has 1 aromatic rings. The first-order valence-electron chi connectivity index (χ1n) is 4.47. The molecule has 13 heavy (non-hydrogen) atoms. The minimum absolute atomic E-state index is 0.323. The van der Waals surface area contributed by atoms with Gasteiger partial charge in [-0.25, -0.2) is 0 Å². The summed E-state index contributed by atoms with van der Waals surface area (Å²) >= 11 is 6.36. The molecule has 0 amide bonds. The lowest BCUT2D eigenvalue weighted by Crippen LogP contribution is -2.12. The van der Waals surface area contributed by atoms with Gasteiger partial charge in [0.1, 0.15) is 0 Å². The van der Waals surface area contributed by atoms with Gasteiger partial charge in [-0.2, -0.15) is 0 Å². The summed E-state index contributed by atoms with van der Waals surface area (Å²) in [5.74, 6) is 0. The maximum atomic E-state index is 6.36. The summed E-state index contributed by atoms with van der Waals surface area (Å²) < 4.78 is 0. The fourth-order valence-electron chi connectivity index (χ4n) is 1.10. The van der Waals surface area contributed by atoms with E-state index in [0.717, 1.165) is 6.16 Å². The second-order valence-corrected chi connectivity index (χ2v) is 7.20. The molecule has 0 aliphatic carbocycles. The summed E-state index contributed by atoms with van der Waals surface area (Å²) in [7, 11) is -0.492. The van der Waals surface area contributed by atoms with Crippen LogP contribution in [0, 0.1) is 5.41 Å². The third kappa shape index (κ3) is 4.11. The molecule has 0 radical (unpaired) electrons. The maximum absolute atomic E-state index is 6.36. The van der Waals surface area contributed by atoms with E-state index in [-0.39, 0.29) is 0 Å². The van der Waals surface area contributed by atoms with E-state index >= 15 is 0 Å². The Morgan fingerprint density at radius 3 is 2.15 bits per heavy atom. The first-order chi connectivity index (χ1) is 5.99. The van der Waals surface area contributed by atoms with Crippen LogP contribution in [-0.4, -0.2) is 6.16 Å². The molecule has 2 heteroatoms. The Morgan fingerprint density at radius 2 is 1.69 bits per heavy atom. The molecule has 1 atom stereocenters. The van der Waals surface area contributed by atoms with Crippen molar-refractivity contribution < 1.29 is 0 Å². The monoisotopic (exact) mass is 214 g/mol. The molecule has 0 spiro atoms. The van der Waals surface area contributed by atoms with E-state index in [4.69, 9.17) is 11.2 Å². The summed E-state index contributed by atoms with van der Waals surface area (Å²) in [6.07, 6.45) is 1.08. The zero-order valence-electron chi connectivity index (χ0n) is 8.42. The zero-order chi connectivity index (χ0) is 9.90. The molecule has 0 saturated carbocycles. The third-order valence-corrected chi connectivity index (χ3v) is 4.68. The van der Waals surface area contributed by atoms with Gasteiger partial charge < -0.3 is 0 Å². The zero-order valence-corrected chi connectivity index (χ0v) is 10.1. The average molecular weight is 215 g/mol. The van der Waals surface area contributed by atoms with Crippen molar-refractivity contribution >= 4 is 23.8 Å². The summed E-state index contributed by atoms with van der Waals surface area (Å²) in [5, 5.41) is 1.29. The van der Waals surface area contributed by atoms with Gasteiger partial charge >= 0.3 is 0 Å². The Labute approximate surface area is 86.9 Å². The molecule has 0 saturated heterocycles. The van der Waals surface area contributed by atoms with Crippen LogP contribution in [0.15, 0.2) is 30.3 Å². The Morgan fingerprint density at radius 1 is 1.15 bits per heavy atom. The molecule has 1 rings (SSSR count). The first-order valence-corrected chi connectivity index (χ1v) is 6.91. The van der Waals surface area contributed by atoms with E-state index in [0.29, 0.717) is 5.41 Å². The largest absolute Gasteiger partial charge is 0.0911 e. The number of halogens is 1. The predicted octanol–water partition coefficient (Wildman–Crippen LogP) is 3.99. The standard InChI is InChI=1S/C11H16ClP/c1-11(2,3)9-13(12)10-7-5-4-6-8-10/h4-8H,9H2,1-3H3. The topological polar surface area (TPSA) is 0 Å². The Kier molecular flexibility index (Phi) is 3.76. The van der Waals surface area contributed by atoms with Crippen LogP contribution in [0.3, 0.4) is 0 Å². The minimum atomic E-state index is -0.492. The number of hydrogen-bond donors (Lipinski definition) is 0. The van der Waals surface area contributed by atoms with Crippen LogP contribution in [-0.2, 0) is 0 Å². The average Bonchev–Trinajstić information content (AvgIpc) is 2.03. The van der Waals surface area contributed by atoms with Gasteiger partial charge in [-0.3, -0.25) is 0 Å². The molecule has 0 heterocycles. The molecule has 0 aromatic heterocycles. The molecule has 72 valence electrons. The molecule has 1 unspecified atom stereocenters. The highest BCUT2D eigenvalue weighted by atomic mass is 35.7. The van der Waals surface area contributed by atoms with Gasteiger partial charge in [0.05, 0.1) is 0 Å². The normalized spacial score (nSPS) is 14.2. The fourth-order valence-corrected chi connectivity index (χ4v) is 4.02. The van der Waals surface area contributed by atoms with Gasteiger partial charge in [-0.05, 0) is 16.9 Å². The predicted molar refractivity (Wildman–Crippen MR) is 63.2 cm³/mol. The van der Waals surface area contributed by atoms with Crippen LogP contribution < -0.4 is 5.30 Å². The van der Waals surface area contributed by atoms with Crippen LogP contribution in [0.25, 0.3) is 0 Å². The van der Waals surface area contributed by atoms with Crippen molar-refractivity contribution in [3.8, 4) is 0 Å². The molecule has 0 bridgehead atoms. The van der Waals surface area contributed by atoms with Crippen molar-refractivity contribution in [3.63, 3.8) is 0 Å². The van der Waals surface area contributed by atoms with Crippen molar-refractivity contribution in [1.29, 1.82) is 0 Å². The van der Waals surface area contributed by atoms with E-state index < -0.39 is 7.27 Å².